The SMILES string of the molecule is NNC(c1ccccc1Cl)C(C(F)(F)F)C(F)(F)F. The molecule has 1 unspecified atom stereocenters. The molecular weight excluding hydrogens is 298 g/mol. The highest BCUT2D eigenvalue weighted by molar-refractivity contribution is 6.31. The summed E-state index contributed by atoms with van der Waals surface area (Å²) in [7, 11) is 0. The van der Waals surface area contributed by atoms with E-state index in [1.54, 1.807) is 5.43 Å². The molecule has 9 heteroatoms. The van der Waals surface area contributed by atoms with Crippen LogP contribution in [0.25, 0.3) is 0 Å². The predicted molar refractivity (Wildman–Crippen MR) is 57.1 cm³/mol. The van der Waals surface area contributed by atoms with Crippen molar-refractivity contribution < 1.29 is 26.3 Å². The lowest BCUT2D eigenvalue weighted by Crippen LogP contribution is -2.47. The maximum Gasteiger partial charge on any atom is 0.402 e. The van der Waals surface area contributed by atoms with Gasteiger partial charge in [0.05, 0.1) is 6.04 Å². The highest BCUT2D eigenvalue weighted by Crippen LogP contribution is 2.47. The van der Waals surface area contributed by atoms with Crippen molar-refractivity contribution in [2.24, 2.45) is 11.8 Å². The standard InChI is InChI=1S/C10H9ClF6N2/c11-6-4-2-1-3-5(6)7(19-18)8(9(12,13)14)10(15,16)17/h1-4,7-8,19H,18H2. The zero-order valence-corrected chi connectivity index (χ0v) is 9.94. The molecule has 0 aliphatic heterocycles. The molecule has 0 aliphatic carbocycles. The van der Waals surface area contributed by atoms with Gasteiger partial charge >= 0.3 is 12.4 Å². The van der Waals surface area contributed by atoms with Crippen LogP contribution < -0.4 is 11.3 Å². The monoisotopic (exact) mass is 306 g/mol. The van der Waals surface area contributed by atoms with Crippen molar-refractivity contribution in [2.75, 3.05) is 0 Å². The number of halogens is 7. The van der Waals surface area contributed by atoms with Crippen LogP contribution in [0.3, 0.4) is 0 Å². The minimum absolute atomic E-state index is 0.232. The molecule has 1 atom stereocenters. The van der Waals surface area contributed by atoms with Crippen LogP contribution in [0.2, 0.25) is 5.02 Å². The Balaban J connectivity index is 3.30. The van der Waals surface area contributed by atoms with E-state index in [9.17, 15) is 26.3 Å². The lowest BCUT2D eigenvalue weighted by atomic mass is 9.92. The minimum atomic E-state index is -5.51. The summed E-state index contributed by atoms with van der Waals surface area (Å²) in [5, 5.41) is -0.232. The topological polar surface area (TPSA) is 38.0 Å². The van der Waals surface area contributed by atoms with Gasteiger partial charge in [-0.05, 0) is 11.6 Å². The smallest absolute Gasteiger partial charge is 0.271 e. The molecule has 0 amide bonds. The Kier molecular flexibility index (Phi) is 4.70. The molecule has 1 aromatic rings. The molecule has 1 aromatic carbocycles. The zero-order chi connectivity index (χ0) is 14.8. The van der Waals surface area contributed by atoms with Gasteiger partial charge in [0.1, 0.15) is 0 Å². The van der Waals surface area contributed by atoms with Crippen LogP contribution in [0.1, 0.15) is 11.6 Å². The second kappa shape index (κ2) is 5.56. The molecule has 0 fully saturated rings. The van der Waals surface area contributed by atoms with Crippen molar-refractivity contribution in [3.8, 4) is 0 Å². The molecule has 0 radical (unpaired) electrons. The molecule has 3 N–H and O–H groups in total. The molecule has 1 rings (SSSR count). The Hall–Kier alpha value is -0.990. The van der Waals surface area contributed by atoms with E-state index >= 15 is 0 Å². The van der Waals surface area contributed by atoms with Crippen molar-refractivity contribution in [2.45, 2.75) is 18.4 Å². The van der Waals surface area contributed by atoms with Crippen LogP contribution in [-0.4, -0.2) is 12.4 Å². The van der Waals surface area contributed by atoms with E-state index in [1.807, 2.05) is 0 Å². The number of rotatable bonds is 3. The molecule has 0 saturated carbocycles. The quantitative estimate of drug-likeness (QED) is 0.509. The van der Waals surface area contributed by atoms with Gasteiger partial charge in [0, 0.05) is 5.02 Å². The summed E-state index contributed by atoms with van der Waals surface area (Å²) >= 11 is 5.61. The summed E-state index contributed by atoms with van der Waals surface area (Å²) in [5.41, 5.74) is 1.18. The number of nitrogens with two attached hydrogens (primary N) is 1. The zero-order valence-electron chi connectivity index (χ0n) is 9.19. The van der Waals surface area contributed by atoms with Gasteiger partial charge in [0.15, 0.2) is 5.92 Å². The first-order valence-electron chi connectivity index (χ1n) is 4.93. The molecule has 0 bridgehead atoms. The number of hydrogen-bond donors (Lipinski definition) is 2. The van der Waals surface area contributed by atoms with E-state index in [0.29, 0.717) is 0 Å². The average molecular weight is 307 g/mol. The van der Waals surface area contributed by atoms with E-state index < -0.39 is 24.3 Å². The highest BCUT2D eigenvalue weighted by Gasteiger charge is 2.60. The number of hydrazine groups is 1. The van der Waals surface area contributed by atoms with Crippen molar-refractivity contribution in [3.63, 3.8) is 0 Å². The fraction of sp³-hybridized carbons (Fsp3) is 0.400. The third-order valence-electron chi connectivity index (χ3n) is 2.46. The molecule has 0 aromatic heterocycles. The Morgan fingerprint density at radius 3 is 1.84 bits per heavy atom. The van der Waals surface area contributed by atoms with Crippen molar-refractivity contribution in [1.29, 1.82) is 0 Å². The second-order valence-corrected chi connectivity index (χ2v) is 4.13. The van der Waals surface area contributed by atoms with E-state index in [0.717, 1.165) is 6.07 Å². The number of hydrogen-bond acceptors (Lipinski definition) is 2. The van der Waals surface area contributed by atoms with E-state index in [-0.39, 0.29) is 10.6 Å². The summed E-state index contributed by atoms with van der Waals surface area (Å²) in [6.45, 7) is 0. The van der Waals surface area contributed by atoms with Gasteiger partial charge in [-0.15, -0.1) is 0 Å². The maximum atomic E-state index is 12.6. The molecule has 108 valence electrons. The first kappa shape index (κ1) is 16.1. The fourth-order valence-electron chi connectivity index (χ4n) is 1.66. The molecule has 2 nitrogen and oxygen atoms in total. The minimum Gasteiger partial charge on any atom is -0.271 e. The summed E-state index contributed by atoms with van der Waals surface area (Å²) in [5.74, 6) is 1.21. The number of nitrogens with one attached hydrogen (secondary N) is 1. The number of alkyl halides is 6. The van der Waals surface area contributed by atoms with Crippen molar-refractivity contribution in [3.05, 3.63) is 34.9 Å². The van der Waals surface area contributed by atoms with Crippen LogP contribution in [0, 0.1) is 5.92 Å². The van der Waals surface area contributed by atoms with Gasteiger partial charge in [-0.25, -0.2) is 0 Å². The molecule has 0 spiro atoms. The third-order valence-corrected chi connectivity index (χ3v) is 2.80. The number of benzene rings is 1. The Morgan fingerprint density at radius 1 is 1.00 bits per heavy atom. The first-order chi connectivity index (χ1) is 8.59. The second-order valence-electron chi connectivity index (χ2n) is 3.73. The summed E-state index contributed by atoms with van der Waals surface area (Å²) in [4.78, 5) is 0. The molecule has 19 heavy (non-hydrogen) atoms. The fourth-order valence-corrected chi connectivity index (χ4v) is 1.91. The maximum absolute atomic E-state index is 12.6. The summed E-state index contributed by atoms with van der Waals surface area (Å²) < 4.78 is 75.7. The van der Waals surface area contributed by atoms with Crippen LogP contribution in [0.15, 0.2) is 24.3 Å². The van der Waals surface area contributed by atoms with Crippen LogP contribution in [0.5, 0.6) is 0 Å². The van der Waals surface area contributed by atoms with Gasteiger partial charge in [0.25, 0.3) is 0 Å². The lowest BCUT2D eigenvalue weighted by Gasteiger charge is -2.30. The third kappa shape index (κ3) is 3.74. The van der Waals surface area contributed by atoms with E-state index in [1.165, 1.54) is 18.2 Å². The van der Waals surface area contributed by atoms with Crippen molar-refractivity contribution in [1.82, 2.24) is 5.43 Å². The Bertz CT molecular complexity index is 417. The van der Waals surface area contributed by atoms with Crippen LogP contribution in [0.4, 0.5) is 26.3 Å². The predicted octanol–water partition coefficient (Wildman–Crippen LogP) is 3.59. The molecule has 0 saturated heterocycles. The van der Waals surface area contributed by atoms with E-state index in [4.69, 9.17) is 17.4 Å². The Morgan fingerprint density at radius 2 is 1.47 bits per heavy atom. The molecular formula is C10H9ClF6N2. The van der Waals surface area contributed by atoms with Crippen LogP contribution in [-0.2, 0) is 0 Å². The van der Waals surface area contributed by atoms with Gasteiger partial charge in [-0.1, -0.05) is 29.8 Å². The molecule has 0 heterocycles. The van der Waals surface area contributed by atoms with Gasteiger partial charge in [0.2, 0.25) is 0 Å². The van der Waals surface area contributed by atoms with E-state index in [2.05, 4.69) is 0 Å². The normalized spacial score (nSPS) is 14.8. The average Bonchev–Trinajstić information content (AvgIpc) is 2.23. The molecule has 0 aliphatic rings. The Labute approximate surface area is 109 Å². The van der Waals surface area contributed by atoms with Gasteiger partial charge in [-0.2, -0.15) is 26.3 Å². The van der Waals surface area contributed by atoms with Gasteiger partial charge < -0.3 is 0 Å². The summed E-state index contributed by atoms with van der Waals surface area (Å²) in [6.07, 6.45) is -11.0. The highest BCUT2D eigenvalue weighted by atomic mass is 35.5. The summed E-state index contributed by atoms with van der Waals surface area (Å²) in [6, 6.07) is 2.68. The van der Waals surface area contributed by atoms with Gasteiger partial charge in [-0.3, -0.25) is 11.3 Å². The van der Waals surface area contributed by atoms with Crippen molar-refractivity contribution >= 4 is 11.6 Å². The van der Waals surface area contributed by atoms with Crippen LogP contribution >= 0.6 is 11.6 Å². The largest absolute Gasteiger partial charge is 0.402 e. The lowest BCUT2D eigenvalue weighted by molar-refractivity contribution is -0.292. The first-order valence-corrected chi connectivity index (χ1v) is 5.30.